The summed E-state index contributed by atoms with van der Waals surface area (Å²) in [7, 11) is 0. The number of hydrogen-bond donors (Lipinski definition) is 0. The summed E-state index contributed by atoms with van der Waals surface area (Å²) >= 11 is 0. The van der Waals surface area contributed by atoms with Crippen LogP contribution in [0.25, 0.3) is 0 Å². The molecule has 0 aliphatic rings. The van der Waals surface area contributed by atoms with Crippen LogP contribution in [0.2, 0.25) is 0 Å². The first kappa shape index (κ1) is 28.8. The van der Waals surface area contributed by atoms with E-state index in [1.807, 2.05) is 0 Å². The van der Waals surface area contributed by atoms with Crippen LogP contribution in [-0.4, -0.2) is 54.5 Å². The summed E-state index contributed by atoms with van der Waals surface area (Å²) in [5, 5.41) is 0. The number of carbonyl (C=O) groups is 6. The second kappa shape index (κ2) is 17.7. The van der Waals surface area contributed by atoms with Gasteiger partial charge in [0, 0.05) is 0 Å². The van der Waals surface area contributed by atoms with Gasteiger partial charge in [0.05, 0.1) is 19.3 Å². The van der Waals surface area contributed by atoms with Crippen molar-refractivity contribution in [3.63, 3.8) is 0 Å². The summed E-state index contributed by atoms with van der Waals surface area (Å²) in [6.07, 6.45) is 0.250. The van der Waals surface area contributed by atoms with E-state index >= 15 is 0 Å². The van der Waals surface area contributed by atoms with Gasteiger partial charge in [0.25, 0.3) is 0 Å². The first-order valence-electron chi connectivity index (χ1n) is 6.35. The van der Waals surface area contributed by atoms with E-state index in [-0.39, 0.29) is 73.8 Å². The second-order valence-corrected chi connectivity index (χ2v) is 4.74. The van der Waals surface area contributed by atoms with Gasteiger partial charge in [0.15, 0.2) is 0 Å². The molecule has 0 saturated heterocycles. The summed E-state index contributed by atoms with van der Waals surface area (Å²) in [6, 6.07) is 0. The van der Waals surface area contributed by atoms with Gasteiger partial charge in [-0.15, -0.1) is 0 Å². The maximum absolute atomic E-state index is 10.0. The normalized spacial score (nSPS) is 7.91. The van der Waals surface area contributed by atoms with Gasteiger partial charge in [-0.3, -0.25) is 28.8 Å². The Bertz CT molecular complexity index is 314. The van der Waals surface area contributed by atoms with Crippen LogP contribution >= 0.6 is 0 Å². The van der Waals surface area contributed by atoms with Crippen molar-refractivity contribution in [2.45, 2.75) is 60.8 Å². The average Bonchev–Trinajstić information content (AvgIpc) is 2.10. The third-order valence-corrected chi connectivity index (χ3v) is 1.49. The monoisotopic (exact) mass is 372 g/mol. The van der Waals surface area contributed by atoms with Gasteiger partial charge in [-0.1, -0.05) is 0 Å². The van der Waals surface area contributed by atoms with Gasteiger partial charge in [0.1, 0.15) is 34.7 Å². The average molecular weight is 373 g/mol. The van der Waals surface area contributed by atoms with E-state index in [4.69, 9.17) is 0 Å². The molecule has 6 nitrogen and oxygen atoms in total. The van der Waals surface area contributed by atoms with Crippen molar-refractivity contribution in [2.24, 2.45) is 0 Å². The van der Waals surface area contributed by atoms with Gasteiger partial charge >= 0.3 is 19.8 Å². The van der Waals surface area contributed by atoms with Gasteiger partial charge in [-0.2, -0.15) is 0 Å². The van der Waals surface area contributed by atoms with Crippen LogP contribution in [-0.2, 0) is 28.8 Å². The standard InChI is InChI=1S/3C5H8O2.Ga.3H/c3*1-4(6)3-5(2)7;;;;/h3*3H2,1-2H3;;;;. The Balaban J connectivity index is -0.000000108. The van der Waals surface area contributed by atoms with Crippen molar-refractivity contribution >= 4 is 54.5 Å². The number of Topliss-reactive ketones (excluding diaryl/α,β-unsaturated/α-hetero) is 6. The molecular formula is C15H27GaO6. The summed E-state index contributed by atoms with van der Waals surface area (Å²) in [5.74, 6) is -0.375. The van der Waals surface area contributed by atoms with Crippen LogP contribution in [0.1, 0.15) is 60.8 Å². The van der Waals surface area contributed by atoms with E-state index < -0.39 is 0 Å². The van der Waals surface area contributed by atoms with Crippen LogP contribution in [0, 0.1) is 0 Å². The third kappa shape index (κ3) is 51.2. The van der Waals surface area contributed by atoms with Crippen molar-refractivity contribution in [1.29, 1.82) is 0 Å². The molecule has 0 bridgehead atoms. The molecule has 0 aromatic heterocycles. The Labute approximate surface area is 144 Å². The maximum atomic E-state index is 10.0. The molecule has 0 unspecified atom stereocenters. The topological polar surface area (TPSA) is 102 Å². The summed E-state index contributed by atoms with van der Waals surface area (Å²) in [5.41, 5.74) is 0. The Morgan fingerprint density at radius 3 is 0.500 bits per heavy atom. The number of hydrogen-bond acceptors (Lipinski definition) is 6. The molecule has 0 radical (unpaired) electrons. The quantitative estimate of drug-likeness (QED) is 0.496. The minimum absolute atomic E-state index is 0. The molecule has 0 rings (SSSR count). The van der Waals surface area contributed by atoms with E-state index in [9.17, 15) is 28.8 Å². The fraction of sp³-hybridized carbons (Fsp3) is 0.600. The molecule has 0 amide bonds. The van der Waals surface area contributed by atoms with Crippen molar-refractivity contribution < 1.29 is 28.8 Å². The van der Waals surface area contributed by atoms with Gasteiger partial charge in [-0.05, 0) is 41.5 Å². The van der Waals surface area contributed by atoms with Gasteiger partial charge < -0.3 is 0 Å². The van der Waals surface area contributed by atoms with Crippen molar-refractivity contribution in [2.75, 3.05) is 0 Å². The van der Waals surface area contributed by atoms with E-state index in [0.717, 1.165) is 0 Å². The molecule has 0 aliphatic carbocycles. The summed E-state index contributed by atoms with van der Waals surface area (Å²) in [4.78, 5) is 60.2. The zero-order chi connectivity index (χ0) is 17.6. The Kier molecular flexibility index (Phi) is 23.2. The fourth-order valence-electron chi connectivity index (χ4n) is 1.05. The predicted octanol–water partition coefficient (Wildman–Crippen LogP) is 0.480. The molecule has 22 heavy (non-hydrogen) atoms. The Hall–Kier alpha value is -1.34. The van der Waals surface area contributed by atoms with Crippen LogP contribution in [0.15, 0.2) is 0 Å². The van der Waals surface area contributed by atoms with E-state index in [1.54, 1.807) is 0 Å². The van der Waals surface area contributed by atoms with Gasteiger partial charge in [0.2, 0.25) is 0 Å². The molecule has 7 heteroatoms. The predicted molar refractivity (Wildman–Crippen MR) is 87.9 cm³/mol. The molecule has 0 saturated carbocycles. The molecule has 0 spiro atoms. The summed E-state index contributed by atoms with van der Waals surface area (Å²) in [6.45, 7) is 8.42. The molecule has 0 aliphatic heterocycles. The molecule has 0 aromatic rings. The Morgan fingerprint density at radius 2 is 0.500 bits per heavy atom. The molecule has 0 fully saturated rings. The zero-order valence-corrected chi connectivity index (χ0v) is 13.6. The van der Waals surface area contributed by atoms with Crippen LogP contribution in [0.5, 0.6) is 0 Å². The van der Waals surface area contributed by atoms with Crippen LogP contribution in [0.4, 0.5) is 0 Å². The fourth-order valence-corrected chi connectivity index (χ4v) is 1.05. The molecule has 126 valence electrons. The van der Waals surface area contributed by atoms with Crippen molar-refractivity contribution in [3.05, 3.63) is 0 Å². The zero-order valence-electron chi connectivity index (χ0n) is 13.6. The SMILES string of the molecule is CC(=O)CC(C)=O.CC(=O)CC(C)=O.CC(=O)CC(C)=O.[GaH3]. The molecule has 0 aromatic carbocycles. The molecular weight excluding hydrogens is 346 g/mol. The number of rotatable bonds is 6. The molecule has 0 N–H and O–H groups in total. The van der Waals surface area contributed by atoms with Crippen LogP contribution in [0.3, 0.4) is 0 Å². The second-order valence-electron chi connectivity index (χ2n) is 4.74. The number of carbonyl (C=O) groups excluding carboxylic acids is 6. The summed E-state index contributed by atoms with van der Waals surface area (Å²) < 4.78 is 0. The van der Waals surface area contributed by atoms with Crippen molar-refractivity contribution in [3.8, 4) is 0 Å². The molecule has 0 atom stereocenters. The van der Waals surface area contributed by atoms with E-state index in [1.165, 1.54) is 41.5 Å². The molecule has 0 heterocycles. The van der Waals surface area contributed by atoms with E-state index in [2.05, 4.69) is 0 Å². The Morgan fingerprint density at radius 1 is 0.409 bits per heavy atom. The first-order valence-corrected chi connectivity index (χ1v) is 6.35. The minimum atomic E-state index is -0.0625. The van der Waals surface area contributed by atoms with Crippen LogP contribution < -0.4 is 0 Å². The van der Waals surface area contributed by atoms with Crippen molar-refractivity contribution in [1.82, 2.24) is 0 Å². The number of ketones is 6. The van der Waals surface area contributed by atoms with E-state index in [0.29, 0.717) is 0 Å². The van der Waals surface area contributed by atoms with Gasteiger partial charge in [-0.25, -0.2) is 0 Å². The first-order chi connectivity index (χ1) is 9.38. The third-order valence-electron chi connectivity index (χ3n) is 1.49.